The number of aromatic nitrogens is 3. The number of hydrogen-bond donors (Lipinski definition) is 3. The normalized spacial score (nSPS) is 13.8. The van der Waals surface area contributed by atoms with Gasteiger partial charge in [0.15, 0.2) is 17.4 Å². The largest absolute Gasteiger partial charge is 0.488 e. The van der Waals surface area contributed by atoms with Crippen molar-refractivity contribution in [1.82, 2.24) is 19.9 Å². The van der Waals surface area contributed by atoms with E-state index < -0.39 is 11.9 Å². The van der Waals surface area contributed by atoms with Crippen LogP contribution in [0.5, 0.6) is 17.2 Å². The molecule has 9 heteroatoms. The third-order valence-corrected chi connectivity index (χ3v) is 5.98. The summed E-state index contributed by atoms with van der Waals surface area (Å²) in [6.07, 6.45) is 2.28. The molecule has 4 aromatic rings. The molecule has 3 N–H and O–H groups in total. The van der Waals surface area contributed by atoms with Crippen molar-refractivity contribution < 1.29 is 23.8 Å². The summed E-state index contributed by atoms with van der Waals surface area (Å²) in [4.78, 5) is 25.0. The zero-order valence-corrected chi connectivity index (χ0v) is 20.0. The highest BCUT2D eigenvalue weighted by Gasteiger charge is 2.22. The van der Waals surface area contributed by atoms with E-state index >= 15 is 0 Å². The first-order valence-electron chi connectivity index (χ1n) is 11.8. The number of aliphatic hydroxyl groups is 1. The van der Waals surface area contributed by atoms with E-state index in [1.54, 1.807) is 36.2 Å². The number of rotatable bonds is 8. The molecular weight excluding hydrogens is 463 g/mol. The fraction of sp³-hybridized carbons (Fsp3) is 0.259. The van der Waals surface area contributed by atoms with Gasteiger partial charge < -0.3 is 29.4 Å². The Balaban J connectivity index is 1.44. The van der Waals surface area contributed by atoms with Crippen molar-refractivity contribution >= 4 is 5.91 Å². The van der Waals surface area contributed by atoms with Crippen molar-refractivity contribution in [3.05, 3.63) is 71.8 Å². The summed E-state index contributed by atoms with van der Waals surface area (Å²) in [6.45, 7) is 4.90. The Kier molecular flexibility index (Phi) is 6.47. The number of aryl methyl sites for hydroxylation is 1. The minimum absolute atomic E-state index is 0.00768. The van der Waals surface area contributed by atoms with E-state index in [0.29, 0.717) is 36.0 Å². The van der Waals surface area contributed by atoms with Crippen LogP contribution in [0.4, 0.5) is 4.39 Å². The first kappa shape index (κ1) is 23.6. The van der Waals surface area contributed by atoms with Crippen LogP contribution in [0.25, 0.3) is 22.8 Å². The Bertz CT molecular complexity index is 1390. The van der Waals surface area contributed by atoms with E-state index in [-0.39, 0.29) is 18.3 Å². The second kappa shape index (κ2) is 9.87. The Hall–Kier alpha value is -4.11. The number of carbonyl (C=O) groups is 1. The highest BCUT2D eigenvalue weighted by molar-refractivity contribution is 5.94. The molecule has 0 aliphatic carbocycles. The number of benzene rings is 2. The van der Waals surface area contributed by atoms with E-state index in [1.165, 1.54) is 12.1 Å². The molecule has 1 saturated heterocycles. The number of likely N-dealkylation sites (tertiary alicyclic amines) is 1. The molecule has 8 nitrogen and oxygen atoms in total. The minimum Gasteiger partial charge on any atom is -0.488 e. The zero-order chi connectivity index (χ0) is 25.2. The average molecular weight is 491 g/mol. The number of nitrogens with zero attached hydrogens (tertiary/aromatic N) is 2. The molecule has 1 aliphatic rings. The Morgan fingerprint density at radius 3 is 2.56 bits per heavy atom. The molecule has 0 bridgehead atoms. The van der Waals surface area contributed by atoms with Crippen molar-refractivity contribution in [1.29, 1.82) is 0 Å². The molecule has 1 amide bonds. The number of hydrogen-bond acceptors (Lipinski definition) is 5. The van der Waals surface area contributed by atoms with Gasteiger partial charge in [0.2, 0.25) is 0 Å². The smallest absolute Gasteiger partial charge is 0.253 e. The van der Waals surface area contributed by atoms with Crippen molar-refractivity contribution in [2.75, 3.05) is 19.7 Å². The van der Waals surface area contributed by atoms with Crippen LogP contribution < -0.4 is 9.47 Å². The van der Waals surface area contributed by atoms with Gasteiger partial charge in [-0.1, -0.05) is 0 Å². The minimum atomic E-state index is -0.631. The van der Waals surface area contributed by atoms with Crippen LogP contribution >= 0.6 is 0 Å². The molecule has 1 fully saturated rings. The lowest BCUT2D eigenvalue weighted by molar-refractivity contribution is 0.0651. The summed E-state index contributed by atoms with van der Waals surface area (Å²) in [5, 5.41) is 9.43. The molecule has 2 aromatic carbocycles. The fourth-order valence-electron chi connectivity index (χ4n) is 3.92. The van der Waals surface area contributed by atoms with Gasteiger partial charge in [-0.25, -0.2) is 9.37 Å². The highest BCUT2D eigenvalue weighted by atomic mass is 19.1. The van der Waals surface area contributed by atoms with Crippen molar-refractivity contribution in [2.45, 2.75) is 26.4 Å². The maximum absolute atomic E-state index is 14.9. The van der Waals surface area contributed by atoms with Crippen molar-refractivity contribution in [3.63, 3.8) is 0 Å². The van der Waals surface area contributed by atoms with Gasteiger partial charge in [-0.2, -0.15) is 0 Å². The second-order valence-electron chi connectivity index (χ2n) is 8.90. The van der Waals surface area contributed by atoms with E-state index in [9.17, 15) is 14.3 Å². The van der Waals surface area contributed by atoms with Crippen LogP contribution in [0.2, 0.25) is 0 Å². The number of amides is 1. The number of ether oxygens (including phenoxy) is 2. The number of nitrogens with one attached hydrogen (secondary N) is 2. The highest BCUT2D eigenvalue weighted by Crippen LogP contribution is 2.34. The molecule has 3 heterocycles. The summed E-state index contributed by atoms with van der Waals surface area (Å²) < 4.78 is 26.6. The molecule has 0 radical (unpaired) electrons. The number of carbonyl (C=O) groups excluding carboxylic acids is 1. The maximum atomic E-state index is 14.9. The average Bonchev–Trinajstić information content (AvgIpc) is 3.48. The van der Waals surface area contributed by atoms with E-state index in [2.05, 4.69) is 15.0 Å². The quantitative estimate of drug-likeness (QED) is 0.325. The van der Waals surface area contributed by atoms with Crippen molar-refractivity contribution in [3.8, 4) is 40.0 Å². The lowest BCUT2D eigenvalue weighted by atomic mass is 10.1. The summed E-state index contributed by atoms with van der Waals surface area (Å²) in [6, 6.07) is 13.2. The first-order valence-corrected chi connectivity index (χ1v) is 11.8. The maximum Gasteiger partial charge on any atom is 0.253 e. The van der Waals surface area contributed by atoms with Gasteiger partial charge in [-0.05, 0) is 62.7 Å². The molecule has 5 rings (SSSR count). The standard InChI is InChI=1S/C27H27FN4O4/c1-16-14-29-26(30-16)24-6-5-23(31-24)19-10-20(35-17(2)15-33)13-21(11-19)36-25-7-4-18(12-22(25)28)27(34)32-8-3-9-32/h4-7,10-14,17,31,33H,3,8-9,15H2,1-2H3,(H,29,30)/t17-/m0/s1. The molecule has 36 heavy (non-hydrogen) atoms. The molecule has 1 atom stereocenters. The third-order valence-electron chi connectivity index (χ3n) is 5.98. The molecular formula is C27H27FN4O4. The van der Waals surface area contributed by atoms with Gasteiger partial charge in [0.1, 0.15) is 17.6 Å². The monoisotopic (exact) mass is 490 g/mol. The van der Waals surface area contributed by atoms with Crippen molar-refractivity contribution in [2.24, 2.45) is 0 Å². The van der Waals surface area contributed by atoms with Crippen LogP contribution in [0.15, 0.2) is 54.7 Å². The SMILES string of the molecule is Cc1cnc(-c2ccc(-c3cc(Oc4ccc(C(=O)N5CCC5)cc4F)cc(O[C@@H](C)CO)c3)[nH]2)[nH]1. The summed E-state index contributed by atoms with van der Waals surface area (Å²) in [5.74, 6) is 0.695. The zero-order valence-electron chi connectivity index (χ0n) is 20.0. The number of aliphatic hydroxyl groups excluding tert-OH is 1. The summed E-state index contributed by atoms with van der Waals surface area (Å²) in [5.41, 5.74) is 3.57. The lowest BCUT2D eigenvalue weighted by Gasteiger charge is -2.30. The second-order valence-corrected chi connectivity index (χ2v) is 8.90. The van der Waals surface area contributed by atoms with Gasteiger partial charge >= 0.3 is 0 Å². The predicted octanol–water partition coefficient (Wildman–Crippen LogP) is 4.92. The fourth-order valence-corrected chi connectivity index (χ4v) is 3.92. The van der Waals surface area contributed by atoms with Crippen LogP contribution in [0.1, 0.15) is 29.4 Å². The van der Waals surface area contributed by atoms with Crippen LogP contribution in [0, 0.1) is 12.7 Å². The van der Waals surface area contributed by atoms with Crippen LogP contribution in [0.3, 0.4) is 0 Å². The van der Waals surface area contributed by atoms with Crippen LogP contribution in [-0.2, 0) is 0 Å². The number of aromatic amines is 2. The first-order chi connectivity index (χ1) is 17.4. The molecule has 186 valence electrons. The topological polar surface area (TPSA) is 103 Å². The molecule has 1 aliphatic heterocycles. The molecule has 0 spiro atoms. The molecule has 0 unspecified atom stereocenters. The molecule has 2 aromatic heterocycles. The third kappa shape index (κ3) is 4.96. The van der Waals surface area contributed by atoms with E-state index in [4.69, 9.17) is 9.47 Å². The number of halogens is 1. The van der Waals surface area contributed by atoms with Gasteiger partial charge in [0.05, 0.1) is 12.3 Å². The van der Waals surface area contributed by atoms with Gasteiger partial charge in [0, 0.05) is 47.9 Å². The lowest BCUT2D eigenvalue weighted by Crippen LogP contribution is -2.42. The number of H-pyrrole nitrogens is 2. The Morgan fingerprint density at radius 2 is 1.89 bits per heavy atom. The summed E-state index contributed by atoms with van der Waals surface area (Å²) in [7, 11) is 0. The Labute approximate surface area is 207 Å². The van der Waals surface area contributed by atoms with E-state index in [1.807, 2.05) is 25.1 Å². The van der Waals surface area contributed by atoms with Crippen LogP contribution in [-0.4, -0.2) is 56.7 Å². The van der Waals surface area contributed by atoms with Gasteiger partial charge in [0.25, 0.3) is 5.91 Å². The Morgan fingerprint density at radius 1 is 1.11 bits per heavy atom. The van der Waals surface area contributed by atoms with E-state index in [0.717, 1.165) is 29.1 Å². The van der Waals surface area contributed by atoms with Gasteiger partial charge in [-0.15, -0.1) is 0 Å². The number of imidazole rings is 1. The summed E-state index contributed by atoms with van der Waals surface area (Å²) >= 11 is 0. The van der Waals surface area contributed by atoms with Gasteiger partial charge in [-0.3, -0.25) is 4.79 Å². The predicted molar refractivity (Wildman–Crippen MR) is 133 cm³/mol. The molecule has 0 saturated carbocycles.